The Kier molecular flexibility index (Phi) is 5.88. The minimum atomic E-state index is -0.506. The second kappa shape index (κ2) is 8.31. The molecule has 3 atom stereocenters. The van der Waals surface area contributed by atoms with Crippen molar-refractivity contribution in [1.29, 1.82) is 0 Å². The number of piperazine rings is 1. The lowest BCUT2D eigenvalue weighted by Gasteiger charge is -2.40. The molecule has 0 aromatic heterocycles. The fourth-order valence-electron chi connectivity index (χ4n) is 3.57. The van der Waals surface area contributed by atoms with Crippen molar-refractivity contribution in [2.75, 3.05) is 11.9 Å². The highest BCUT2D eigenvalue weighted by Crippen LogP contribution is 2.22. The largest absolute Gasteiger partial charge is 0.462 e. The standard InChI is InChI=1S/C19H25N3O4/c1-2-26-19(25)12-7-9-13(10-8-12)20-17(23)11-16-18(24)22-15-6-4-3-5-14(15)21-16/h7-10,14-16,21H,2-6,11H2,1H3,(H,20,23)(H,22,24)/t14-,15-,16+/m1/s1. The minimum Gasteiger partial charge on any atom is -0.462 e. The molecule has 0 radical (unpaired) electrons. The maximum absolute atomic E-state index is 12.3. The molecule has 0 unspecified atom stereocenters. The number of anilines is 1. The number of hydrogen-bond acceptors (Lipinski definition) is 5. The smallest absolute Gasteiger partial charge is 0.338 e. The Morgan fingerprint density at radius 3 is 2.54 bits per heavy atom. The number of fused-ring (bicyclic) bond motifs is 1. The molecule has 26 heavy (non-hydrogen) atoms. The number of hydrogen-bond donors (Lipinski definition) is 3. The van der Waals surface area contributed by atoms with Gasteiger partial charge in [0.1, 0.15) is 0 Å². The molecule has 2 aliphatic rings. The molecular weight excluding hydrogens is 334 g/mol. The van der Waals surface area contributed by atoms with Gasteiger partial charge in [-0.15, -0.1) is 0 Å². The van der Waals surface area contributed by atoms with Gasteiger partial charge in [0.15, 0.2) is 0 Å². The molecule has 1 aliphatic heterocycles. The summed E-state index contributed by atoms with van der Waals surface area (Å²) in [6.45, 7) is 2.06. The van der Waals surface area contributed by atoms with Gasteiger partial charge in [-0.1, -0.05) is 12.8 Å². The Balaban J connectivity index is 1.53. The van der Waals surface area contributed by atoms with Crippen LogP contribution in [-0.2, 0) is 14.3 Å². The summed E-state index contributed by atoms with van der Waals surface area (Å²) in [6, 6.07) is 6.44. The van der Waals surface area contributed by atoms with Crippen LogP contribution in [-0.4, -0.2) is 42.5 Å². The first-order chi connectivity index (χ1) is 12.6. The second-order valence-electron chi connectivity index (χ2n) is 6.78. The Morgan fingerprint density at radius 2 is 1.85 bits per heavy atom. The lowest BCUT2D eigenvalue weighted by atomic mass is 9.87. The van der Waals surface area contributed by atoms with Crippen LogP contribution in [0.5, 0.6) is 0 Å². The van der Waals surface area contributed by atoms with Crippen LogP contribution in [0.25, 0.3) is 0 Å². The zero-order chi connectivity index (χ0) is 18.5. The van der Waals surface area contributed by atoms with Gasteiger partial charge in [0, 0.05) is 17.8 Å². The molecule has 7 heteroatoms. The highest BCUT2D eigenvalue weighted by molar-refractivity contribution is 5.96. The predicted octanol–water partition coefficient (Wildman–Crippen LogP) is 1.59. The molecule has 3 N–H and O–H groups in total. The van der Waals surface area contributed by atoms with Gasteiger partial charge in [0.2, 0.25) is 11.8 Å². The summed E-state index contributed by atoms with van der Waals surface area (Å²) in [7, 11) is 0. The molecule has 1 aliphatic carbocycles. The number of carbonyl (C=O) groups excluding carboxylic acids is 3. The molecule has 1 heterocycles. The highest BCUT2D eigenvalue weighted by Gasteiger charge is 2.36. The van der Waals surface area contributed by atoms with Gasteiger partial charge in [-0.3, -0.25) is 9.59 Å². The fourth-order valence-corrected chi connectivity index (χ4v) is 3.57. The third-order valence-corrected chi connectivity index (χ3v) is 4.89. The van der Waals surface area contributed by atoms with Gasteiger partial charge in [-0.2, -0.15) is 0 Å². The number of benzene rings is 1. The summed E-state index contributed by atoms with van der Waals surface area (Å²) in [5, 5.41) is 9.13. The van der Waals surface area contributed by atoms with Gasteiger partial charge in [-0.05, 0) is 44.0 Å². The van der Waals surface area contributed by atoms with E-state index in [2.05, 4.69) is 16.0 Å². The number of esters is 1. The van der Waals surface area contributed by atoms with E-state index in [0.717, 1.165) is 25.7 Å². The molecule has 140 valence electrons. The van der Waals surface area contributed by atoms with Crippen LogP contribution in [0, 0.1) is 0 Å². The Labute approximate surface area is 152 Å². The van der Waals surface area contributed by atoms with Crippen molar-refractivity contribution in [2.24, 2.45) is 0 Å². The van der Waals surface area contributed by atoms with Crippen molar-refractivity contribution in [3.8, 4) is 0 Å². The van der Waals surface area contributed by atoms with Gasteiger partial charge in [0.05, 0.1) is 24.6 Å². The van der Waals surface area contributed by atoms with Crippen LogP contribution >= 0.6 is 0 Å². The molecule has 2 fully saturated rings. The van der Waals surface area contributed by atoms with E-state index in [0.29, 0.717) is 17.9 Å². The third-order valence-electron chi connectivity index (χ3n) is 4.89. The van der Waals surface area contributed by atoms with E-state index in [-0.39, 0.29) is 30.3 Å². The van der Waals surface area contributed by atoms with E-state index in [1.165, 1.54) is 0 Å². The number of carbonyl (C=O) groups is 3. The average Bonchev–Trinajstić information content (AvgIpc) is 2.63. The van der Waals surface area contributed by atoms with Crippen molar-refractivity contribution in [1.82, 2.24) is 10.6 Å². The van der Waals surface area contributed by atoms with Crippen LogP contribution < -0.4 is 16.0 Å². The Hall–Kier alpha value is -2.41. The molecular formula is C19H25N3O4. The summed E-state index contributed by atoms with van der Waals surface area (Å²) in [5.74, 6) is -0.743. The molecule has 0 bridgehead atoms. The molecule has 0 spiro atoms. The number of rotatable bonds is 5. The molecule has 1 aromatic rings. The first-order valence-electron chi connectivity index (χ1n) is 9.20. The molecule has 3 rings (SSSR count). The summed E-state index contributed by atoms with van der Waals surface area (Å²) < 4.78 is 4.93. The molecule has 1 saturated carbocycles. The van der Waals surface area contributed by atoms with Crippen molar-refractivity contribution in [3.05, 3.63) is 29.8 Å². The van der Waals surface area contributed by atoms with E-state index in [1.54, 1.807) is 31.2 Å². The topological polar surface area (TPSA) is 96.5 Å². The van der Waals surface area contributed by atoms with Crippen LogP contribution in [0.1, 0.15) is 49.4 Å². The zero-order valence-electron chi connectivity index (χ0n) is 14.9. The van der Waals surface area contributed by atoms with Crippen LogP contribution in [0.15, 0.2) is 24.3 Å². The number of ether oxygens (including phenoxy) is 1. The first-order valence-corrected chi connectivity index (χ1v) is 9.20. The van der Waals surface area contributed by atoms with E-state index in [4.69, 9.17) is 4.74 Å². The summed E-state index contributed by atoms with van der Waals surface area (Å²) in [6.07, 6.45) is 4.38. The Bertz CT molecular complexity index is 674. The summed E-state index contributed by atoms with van der Waals surface area (Å²) >= 11 is 0. The van der Waals surface area contributed by atoms with Crippen molar-refractivity contribution in [3.63, 3.8) is 0 Å². The van der Waals surface area contributed by atoms with Crippen LogP contribution in [0.3, 0.4) is 0 Å². The van der Waals surface area contributed by atoms with E-state index in [9.17, 15) is 14.4 Å². The van der Waals surface area contributed by atoms with Gasteiger partial charge >= 0.3 is 5.97 Å². The maximum Gasteiger partial charge on any atom is 0.338 e. The second-order valence-corrected chi connectivity index (χ2v) is 6.78. The minimum absolute atomic E-state index is 0.0781. The van der Waals surface area contributed by atoms with E-state index < -0.39 is 12.0 Å². The quantitative estimate of drug-likeness (QED) is 0.694. The number of amides is 2. The maximum atomic E-state index is 12.3. The lowest BCUT2D eigenvalue weighted by molar-refractivity contribution is -0.129. The molecule has 7 nitrogen and oxygen atoms in total. The monoisotopic (exact) mass is 359 g/mol. The SMILES string of the molecule is CCOC(=O)c1ccc(NC(=O)C[C@@H]2N[C@@H]3CCCC[C@H]3NC2=O)cc1. The fraction of sp³-hybridized carbons (Fsp3) is 0.526. The molecule has 1 saturated heterocycles. The average molecular weight is 359 g/mol. The van der Waals surface area contributed by atoms with Crippen molar-refractivity contribution in [2.45, 2.75) is 57.2 Å². The molecule has 2 amide bonds. The summed E-state index contributed by atoms with van der Waals surface area (Å²) in [4.78, 5) is 36.1. The first kappa shape index (κ1) is 18.4. The summed E-state index contributed by atoms with van der Waals surface area (Å²) in [5.41, 5.74) is 1.01. The van der Waals surface area contributed by atoms with Crippen LogP contribution in [0.4, 0.5) is 5.69 Å². The third kappa shape index (κ3) is 4.40. The Morgan fingerprint density at radius 1 is 1.15 bits per heavy atom. The predicted molar refractivity (Wildman–Crippen MR) is 96.8 cm³/mol. The lowest BCUT2D eigenvalue weighted by Crippen LogP contribution is -2.65. The van der Waals surface area contributed by atoms with Gasteiger partial charge in [0.25, 0.3) is 0 Å². The number of nitrogens with one attached hydrogen (secondary N) is 3. The van der Waals surface area contributed by atoms with E-state index >= 15 is 0 Å². The highest BCUT2D eigenvalue weighted by atomic mass is 16.5. The van der Waals surface area contributed by atoms with Gasteiger partial charge in [-0.25, -0.2) is 4.79 Å². The van der Waals surface area contributed by atoms with Crippen molar-refractivity contribution < 1.29 is 19.1 Å². The van der Waals surface area contributed by atoms with Crippen LogP contribution in [0.2, 0.25) is 0 Å². The molecule has 1 aromatic carbocycles. The normalized spacial score (nSPS) is 25.0. The van der Waals surface area contributed by atoms with Crippen molar-refractivity contribution >= 4 is 23.5 Å². The van der Waals surface area contributed by atoms with Gasteiger partial charge < -0.3 is 20.7 Å². The zero-order valence-corrected chi connectivity index (χ0v) is 14.9. The van der Waals surface area contributed by atoms with E-state index in [1.807, 2.05) is 0 Å².